The molecule has 1 saturated carbocycles. The number of hydrogen-bond acceptors (Lipinski definition) is 6. The molecule has 8 heteroatoms. The number of aromatic nitrogens is 5. The van der Waals surface area contributed by atoms with E-state index in [0.717, 1.165) is 44.8 Å². The van der Waals surface area contributed by atoms with Crippen molar-refractivity contribution < 1.29 is 9.15 Å². The smallest absolute Gasteiger partial charge is 0.262 e. The van der Waals surface area contributed by atoms with Crippen molar-refractivity contribution in [3.05, 3.63) is 40.7 Å². The molecule has 1 saturated heterocycles. The summed E-state index contributed by atoms with van der Waals surface area (Å²) in [6.45, 7) is 1.44. The monoisotopic (exact) mass is 341 g/mol. The van der Waals surface area contributed by atoms with Gasteiger partial charge in [-0.15, -0.1) is 0 Å². The number of nitrogens with zero attached hydrogens (tertiary/aromatic N) is 4. The molecule has 2 aliphatic rings. The number of aromatic amines is 1. The van der Waals surface area contributed by atoms with Gasteiger partial charge < -0.3 is 14.1 Å². The topological polar surface area (TPSA) is 98.8 Å². The minimum absolute atomic E-state index is 0.128. The van der Waals surface area contributed by atoms with E-state index in [1.54, 1.807) is 18.7 Å². The molecule has 2 atom stereocenters. The van der Waals surface area contributed by atoms with Crippen LogP contribution in [0.4, 0.5) is 0 Å². The Bertz CT molecular complexity index is 939. The second kappa shape index (κ2) is 5.80. The Balaban J connectivity index is 1.54. The van der Waals surface area contributed by atoms with Crippen molar-refractivity contribution in [3.8, 4) is 0 Å². The van der Waals surface area contributed by atoms with Crippen LogP contribution in [-0.4, -0.2) is 37.9 Å². The Morgan fingerprint density at radius 2 is 2.00 bits per heavy atom. The van der Waals surface area contributed by atoms with Crippen LogP contribution in [0.2, 0.25) is 0 Å². The first kappa shape index (κ1) is 14.8. The number of fused-ring (bicyclic) bond motifs is 1. The molecule has 1 aliphatic carbocycles. The normalized spacial score (nSPS) is 24.5. The highest BCUT2D eigenvalue weighted by Crippen LogP contribution is 2.47. The number of H-pyrrole nitrogens is 1. The van der Waals surface area contributed by atoms with Gasteiger partial charge in [0.2, 0.25) is 0 Å². The molecular formula is C17H19N5O3. The van der Waals surface area contributed by atoms with Crippen molar-refractivity contribution in [2.75, 3.05) is 13.2 Å². The van der Waals surface area contributed by atoms with Crippen molar-refractivity contribution in [2.45, 2.75) is 43.6 Å². The van der Waals surface area contributed by atoms with Crippen LogP contribution in [0.1, 0.15) is 55.3 Å². The third kappa shape index (κ3) is 2.39. The van der Waals surface area contributed by atoms with Crippen LogP contribution in [0.5, 0.6) is 0 Å². The lowest BCUT2D eigenvalue weighted by Gasteiger charge is -2.33. The maximum atomic E-state index is 12.5. The molecule has 4 heterocycles. The summed E-state index contributed by atoms with van der Waals surface area (Å²) in [7, 11) is 0. The van der Waals surface area contributed by atoms with E-state index < -0.39 is 0 Å². The van der Waals surface area contributed by atoms with E-state index in [1.807, 2.05) is 4.68 Å². The fourth-order valence-corrected chi connectivity index (χ4v) is 3.87. The summed E-state index contributed by atoms with van der Waals surface area (Å²) in [6, 6.07) is 0.234. The number of oxazole rings is 1. The highest BCUT2D eigenvalue weighted by atomic mass is 16.5. The van der Waals surface area contributed by atoms with Crippen LogP contribution in [0, 0.1) is 0 Å². The van der Waals surface area contributed by atoms with Gasteiger partial charge in [0.15, 0.2) is 11.5 Å². The molecular weight excluding hydrogens is 322 g/mol. The number of ether oxygens (including phenoxy) is 1. The van der Waals surface area contributed by atoms with Crippen LogP contribution in [-0.2, 0) is 4.74 Å². The molecule has 1 unspecified atom stereocenters. The lowest BCUT2D eigenvalue weighted by atomic mass is 9.73. The summed E-state index contributed by atoms with van der Waals surface area (Å²) in [6.07, 6.45) is 8.60. The first-order valence-electron chi connectivity index (χ1n) is 8.76. The van der Waals surface area contributed by atoms with Crippen LogP contribution >= 0.6 is 0 Å². The first-order chi connectivity index (χ1) is 12.3. The highest BCUT2D eigenvalue weighted by molar-refractivity contribution is 5.73. The highest BCUT2D eigenvalue weighted by Gasteiger charge is 2.38. The molecule has 25 heavy (non-hydrogen) atoms. The van der Waals surface area contributed by atoms with Crippen LogP contribution in [0.25, 0.3) is 11.0 Å². The van der Waals surface area contributed by atoms with Gasteiger partial charge in [-0.1, -0.05) is 0 Å². The summed E-state index contributed by atoms with van der Waals surface area (Å²) in [4.78, 5) is 24.5. The molecule has 0 spiro atoms. The lowest BCUT2D eigenvalue weighted by molar-refractivity contribution is 0.0673. The largest absolute Gasteiger partial charge is 0.449 e. The molecule has 0 radical (unpaired) electrons. The predicted octanol–water partition coefficient (Wildman–Crippen LogP) is 2.12. The average Bonchev–Trinajstić information content (AvgIpc) is 3.25. The van der Waals surface area contributed by atoms with Gasteiger partial charge in [0.1, 0.15) is 17.5 Å². The van der Waals surface area contributed by atoms with Gasteiger partial charge in [-0.25, -0.2) is 14.6 Å². The SMILES string of the molecule is O=c1[nH]c([C@@H]2CCC2c2ncco2)nc2c1cnn2C1CCOCC1. The molecule has 130 valence electrons. The van der Waals surface area contributed by atoms with Crippen molar-refractivity contribution in [1.82, 2.24) is 24.7 Å². The molecule has 8 nitrogen and oxygen atoms in total. The zero-order valence-corrected chi connectivity index (χ0v) is 13.7. The van der Waals surface area contributed by atoms with Gasteiger partial charge in [-0.3, -0.25) is 4.79 Å². The summed E-state index contributed by atoms with van der Waals surface area (Å²) < 4.78 is 12.8. The zero-order chi connectivity index (χ0) is 16.8. The Hall–Kier alpha value is -2.48. The van der Waals surface area contributed by atoms with Gasteiger partial charge in [0.25, 0.3) is 5.56 Å². The molecule has 0 bridgehead atoms. The molecule has 3 aromatic rings. The van der Waals surface area contributed by atoms with E-state index >= 15 is 0 Å². The van der Waals surface area contributed by atoms with Crippen LogP contribution < -0.4 is 5.56 Å². The van der Waals surface area contributed by atoms with Crippen molar-refractivity contribution >= 4 is 11.0 Å². The maximum absolute atomic E-state index is 12.5. The number of rotatable bonds is 3. The van der Waals surface area contributed by atoms with Gasteiger partial charge >= 0.3 is 0 Å². The molecule has 0 amide bonds. The van der Waals surface area contributed by atoms with Gasteiger partial charge in [-0.2, -0.15) is 5.10 Å². The van der Waals surface area contributed by atoms with Crippen molar-refractivity contribution in [3.63, 3.8) is 0 Å². The maximum Gasteiger partial charge on any atom is 0.262 e. The Labute approximate surface area is 143 Å². The van der Waals surface area contributed by atoms with Crippen molar-refractivity contribution in [2.24, 2.45) is 0 Å². The number of hydrogen-bond donors (Lipinski definition) is 1. The Morgan fingerprint density at radius 1 is 1.16 bits per heavy atom. The van der Waals surface area contributed by atoms with Gasteiger partial charge in [0, 0.05) is 25.0 Å². The van der Waals surface area contributed by atoms with Gasteiger partial charge in [0.05, 0.1) is 18.4 Å². The van der Waals surface area contributed by atoms with Crippen molar-refractivity contribution in [1.29, 1.82) is 0 Å². The van der Waals surface area contributed by atoms with E-state index in [4.69, 9.17) is 14.1 Å². The molecule has 0 aromatic carbocycles. The fraction of sp³-hybridized carbons (Fsp3) is 0.529. The van der Waals surface area contributed by atoms with E-state index in [1.165, 1.54) is 0 Å². The second-order valence-corrected chi connectivity index (χ2v) is 6.78. The number of nitrogens with one attached hydrogen (secondary N) is 1. The van der Waals surface area contributed by atoms with E-state index in [2.05, 4.69) is 15.1 Å². The molecule has 1 N–H and O–H groups in total. The second-order valence-electron chi connectivity index (χ2n) is 6.78. The lowest BCUT2D eigenvalue weighted by Crippen LogP contribution is -2.27. The van der Waals surface area contributed by atoms with Crippen LogP contribution in [0.15, 0.2) is 27.9 Å². The minimum atomic E-state index is -0.128. The molecule has 1 aliphatic heterocycles. The molecule has 3 aromatic heterocycles. The summed E-state index contributed by atoms with van der Waals surface area (Å²) in [5.74, 6) is 1.74. The molecule has 5 rings (SSSR count). The third-order valence-corrected chi connectivity index (χ3v) is 5.41. The van der Waals surface area contributed by atoms with Crippen LogP contribution in [0.3, 0.4) is 0 Å². The quantitative estimate of drug-likeness (QED) is 0.783. The van der Waals surface area contributed by atoms with Gasteiger partial charge in [-0.05, 0) is 25.7 Å². The zero-order valence-electron chi connectivity index (χ0n) is 13.7. The summed E-state index contributed by atoms with van der Waals surface area (Å²) in [5, 5.41) is 4.98. The molecule has 2 fully saturated rings. The summed E-state index contributed by atoms with van der Waals surface area (Å²) in [5.41, 5.74) is 0.542. The standard InChI is InChI=1S/C17H19N5O3/c23-16-13-9-19-22(10-3-6-24-7-4-10)15(13)20-14(21-16)11-1-2-12(11)17-18-5-8-25-17/h5,8-12H,1-4,6-7H2,(H,20,21,23)/t11-,12?/m1/s1. The Kier molecular flexibility index (Phi) is 3.44. The van der Waals surface area contributed by atoms with E-state index in [-0.39, 0.29) is 23.4 Å². The summed E-state index contributed by atoms with van der Waals surface area (Å²) >= 11 is 0. The van der Waals surface area contributed by atoms with E-state index in [0.29, 0.717) is 16.9 Å². The van der Waals surface area contributed by atoms with E-state index in [9.17, 15) is 4.79 Å². The fourth-order valence-electron chi connectivity index (χ4n) is 3.87. The predicted molar refractivity (Wildman–Crippen MR) is 88.5 cm³/mol. The average molecular weight is 341 g/mol. The third-order valence-electron chi connectivity index (χ3n) is 5.41. The Morgan fingerprint density at radius 3 is 2.72 bits per heavy atom. The first-order valence-corrected chi connectivity index (χ1v) is 8.76. The minimum Gasteiger partial charge on any atom is -0.449 e.